The summed E-state index contributed by atoms with van der Waals surface area (Å²) in [6.07, 6.45) is 3.97. The molecular weight excluding hydrogens is 324 g/mol. The quantitative estimate of drug-likeness (QED) is 0.674. The lowest BCUT2D eigenvalue weighted by molar-refractivity contribution is 0.0741. The van der Waals surface area contributed by atoms with Crippen LogP contribution in [-0.4, -0.2) is 29.5 Å². The summed E-state index contributed by atoms with van der Waals surface area (Å²) < 4.78 is 7.47. The molecule has 3 aromatic rings. The zero-order chi connectivity index (χ0) is 18.7. The first kappa shape index (κ1) is 17.8. The summed E-state index contributed by atoms with van der Waals surface area (Å²) in [6.45, 7) is 4.06. The molecule has 3 rings (SSSR count). The molecule has 1 amide bonds. The van der Waals surface area contributed by atoms with E-state index in [-0.39, 0.29) is 11.9 Å². The Hall–Kier alpha value is -3.01. The van der Waals surface area contributed by atoms with Crippen molar-refractivity contribution in [2.24, 2.45) is 0 Å². The Labute approximate surface area is 154 Å². The monoisotopic (exact) mass is 348 g/mol. The maximum absolute atomic E-state index is 13.1. The lowest BCUT2D eigenvalue weighted by Crippen LogP contribution is -2.30. The smallest absolute Gasteiger partial charge is 0.254 e. The van der Waals surface area contributed by atoms with Gasteiger partial charge in [0.25, 0.3) is 5.91 Å². The molecule has 1 aromatic heterocycles. The maximum atomic E-state index is 13.1. The highest BCUT2D eigenvalue weighted by atomic mass is 16.5. The molecule has 0 spiro atoms. The highest BCUT2D eigenvalue weighted by Gasteiger charge is 2.22. The molecule has 0 aliphatic carbocycles. The third-order valence-corrected chi connectivity index (χ3v) is 4.83. The fraction of sp³-hybridized carbons (Fsp3) is 0.227. The van der Waals surface area contributed by atoms with E-state index in [0.29, 0.717) is 5.56 Å². The average molecular weight is 348 g/mol. The van der Waals surface area contributed by atoms with Crippen LogP contribution in [-0.2, 0) is 0 Å². The largest absolute Gasteiger partial charge is 0.496 e. The van der Waals surface area contributed by atoms with Gasteiger partial charge in [0.2, 0.25) is 0 Å². The van der Waals surface area contributed by atoms with Gasteiger partial charge < -0.3 is 14.2 Å². The van der Waals surface area contributed by atoms with Crippen LogP contribution in [0.4, 0.5) is 0 Å². The van der Waals surface area contributed by atoms with Crippen LogP contribution in [0.2, 0.25) is 0 Å². The molecule has 0 aliphatic heterocycles. The molecule has 1 atom stereocenters. The summed E-state index contributed by atoms with van der Waals surface area (Å²) >= 11 is 0. The number of aryl methyl sites for hydroxylation is 1. The predicted molar refractivity (Wildman–Crippen MR) is 104 cm³/mol. The van der Waals surface area contributed by atoms with E-state index >= 15 is 0 Å². The van der Waals surface area contributed by atoms with E-state index in [2.05, 4.69) is 0 Å². The normalized spacial score (nSPS) is 11.8. The molecule has 0 radical (unpaired) electrons. The molecule has 2 aromatic carbocycles. The summed E-state index contributed by atoms with van der Waals surface area (Å²) in [6, 6.07) is 17.5. The Morgan fingerprint density at radius 3 is 2.46 bits per heavy atom. The number of methoxy groups -OCH3 is 1. The van der Waals surface area contributed by atoms with Crippen LogP contribution in [0.3, 0.4) is 0 Å². The molecule has 0 saturated heterocycles. The van der Waals surface area contributed by atoms with Gasteiger partial charge >= 0.3 is 0 Å². The maximum Gasteiger partial charge on any atom is 0.254 e. The van der Waals surface area contributed by atoms with Crippen LogP contribution in [0.25, 0.3) is 5.69 Å². The van der Waals surface area contributed by atoms with Crippen molar-refractivity contribution in [3.63, 3.8) is 0 Å². The first-order valence-corrected chi connectivity index (χ1v) is 8.67. The van der Waals surface area contributed by atoms with Gasteiger partial charge in [-0.2, -0.15) is 0 Å². The van der Waals surface area contributed by atoms with Crippen molar-refractivity contribution in [3.05, 3.63) is 83.7 Å². The van der Waals surface area contributed by atoms with E-state index in [1.165, 1.54) is 0 Å². The van der Waals surface area contributed by atoms with Gasteiger partial charge in [0.15, 0.2) is 0 Å². The number of hydrogen-bond acceptors (Lipinski definition) is 2. The summed E-state index contributed by atoms with van der Waals surface area (Å²) in [7, 11) is 3.48. The van der Waals surface area contributed by atoms with Crippen molar-refractivity contribution in [1.82, 2.24) is 9.47 Å². The van der Waals surface area contributed by atoms with Gasteiger partial charge in [-0.25, -0.2) is 0 Å². The van der Waals surface area contributed by atoms with E-state index in [1.54, 1.807) is 12.0 Å². The minimum Gasteiger partial charge on any atom is -0.496 e. The van der Waals surface area contributed by atoms with Crippen molar-refractivity contribution in [3.8, 4) is 11.4 Å². The Morgan fingerprint density at radius 1 is 1.08 bits per heavy atom. The first-order valence-electron chi connectivity index (χ1n) is 8.67. The fourth-order valence-corrected chi connectivity index (χ4v) is 3.12. The molecule has 0 unspecified atom stereocenters. The van der Waals surface area contributed by atoms with Crippen molar-refractivity contribution >= 4 is 5.91 Å². The Balaban J connectivity index is 1.90. The minimum atomic E-state index is -0.102. The number of ether oxygens (including phenoxy) is 1. The second-order valence-corrected chi connectivity index (χ2v) is 6.43. The number of nitrogens with zero attached hydrogens (tertiary/aromatic N) is 2. The molecule has 4 nitrogen and oxygen atoms in total. The van der Waals surface area contributed by atoms with Crippen LogP contribution in [0.5, 0.6) is 5.75 Å². The SMILES string of the molecule is COc1ccccc1[C@@H](C)N(C)C(=O)c1ccc(C)c(-n2cccc2)c1. The van der Waals surface area contributed by atoms with E-state index in [4.69, 9.17) is 4.74 Å². The van der Waals surface area contributed by atoms with E-state index < -0.39 is 0 Å². The van der Waals surface area contributed by atoms with Crippen molar-refractivity contribution in [1.29, 1.82) is 0 Å². The standard InChI is InChI=1S/C22H24N2O2/c1-16-11-12-18(15-20(16)24-13-7-8-14-24)22(25)23(3)17(2)19-9-5-6-10-21(19)26-4/h5-15,17H,1-4H3/t17-/m1/s1. The van der Waals surface area contributed by atoms with Crippen LogP contribution in [0.15, 0.2) is 67.0 Å². The summed E-state index contributed by atoms with van der Waals surface area (Å²) in [5.74, 6) is 0.772. The fourth-order valence-electron chi connectivity index (χ4n) is 3.12. The Morgan fingerprint density at radius 2 is 1.77 bits per heavy atom. The number of aromatic nitrogens is 1. The van der Waals surface area contributed by atoms with Crippen LogP contribution >= 0.6 is 0 Å². The second kappa shape index (κ2) is 7.48. The van der Waals surface area contributed by atoms with Crippen LogP contribution < -0.4 is 4.74 Å². The van der Waals surface area contributed by atoms with Gasteiger partial charge in [0.1, 0.15) is 5.75 Å². The molecule has 4 heteroatoms. The minimum absolute atomic E-state index is 0.0168. The van der Waals surface area contributed by atoms with E-state index in [1.807, 2.05) is 92.5 Å². The van der Waals surface area contributed by atoms with Crippen molar-refractivity contribution in [2.45, 2.75) is 19.9 Å². The number of hydrogen-bond donors (Lipinski definition) is 0. The zero-order valence-electron chi connectivity index (χ0n) is 15.6. The van der Waals surface area contributed by atoms with Crippen molar-refractivity contribution < 1.29 is 9.53 Å². The molecule has 0 aliphatic rings. The molecular formula is C22H24N2O2. The Kier molecular flexibility index (Phi) is 5.12. The first-order chi connectivity index (χ1) is 12.5. The molecule has 0 N–H and O–H groups in total. The summed E-state index contributed by atoms with van der Waals surface area (Å²) in [5, 5.41) is 0. The number of carbonyl (C=O) groups excluding carboxylic acids is 1. The highest BCUT2D eigenvalue weighted by molar-refractivity contribution is 5.95. The lowest BCUT2D eigenvalue weighted by Gasteiger charge is -2.27. The predicted octanol–water partition coefficient (Wildman–Crippen LogP) is 4.63. The highest BCUT2D eigenvalue weighted by Crippen LogP contribution is 2.29. The summed E-state index contributed by atoms with van der Waals surface area (Å²) in [4.78, 5) is 14.8. The molecule has 0 saturated carbocycles. The number of para-hydroxylation sites is 1. The van der Waals surface area contributed by atoms with E-state index in [9.17, 15) is 4.79 Å². The van der Waals surface area contributed by atoms with Gasteiger partial charge in [-0.05, 0) is 49.7 Å². The number of carbonyl (C=O) groups is 1. The van der Waals surface area contributed by atoms with Crippen LogP contribution in [0.1, 0.15) is 34.5 Å². The lowest BCUT2D eigenvalue weighted by atomic mass is 10.0. The number of amides is 1. The topological polar surface area (TPSA) is 34.5 Å². The molecule has 134 valence electrons. The molecule has 0 fully saturated rings. The van der Waals surface area contributed by atoms with Gasteiger partial charge in [0.05, 0.1) is 13.2 Å². The van der Waals surface area contributed by atoms with Gasteiger partial charge in [-0.3, -0.25) is 4.79 Å². The third-order valence-electron chi connectivity index (χ3n) is 4.83. The molecule has 26 heavy (non-hydrogen) atoms. The number of benzene rings is 2. The molecule has 0 bridgehead atoms. The second-order valence-electron chi connectivity index (χ2n) is 6.43. The summed E-state index contributed by atoms with van der Waals surface area (Å²) in [5.41, 5.74) is 3.80. The number of rotatable bonds is 5. The third kappa shape index (κ3) is 3.36. The van der Waals surface area contributed by atoms with Gasteiger partial charge in [-0.1, -0.05) is 24.3 Å². The van der Waals surface area contributed by atoms with Gasteiger partial charge in [0, 0.05) is 36.3 Å². The molecule has 1 heterocycles. The Bertz CT molecular complexity index is 900. The van der Waals surface area contributed by atoms with Crippen molar-refractivity contribution in [2.75, 3.05) is 14.2 Å². The van der Waals surface area contributed by atoms with E-state index in [0.717, 1.165) is 22.6 Å². The average Bonchev–Trinajstić information content (AvgIpc) is 3.21. The van der Waals surface area contributed by atoms with Crippen LogP contribution in [0, 0.1) is 6.92 Å². The zero-order valence-corrected chi connectivity index (χ0v) is 15.6. The van der Waals surface area contributed by atoms with Gasteiger partial charge in [-0.15, -0.1) is 0 Å².